The van der Waals surface area contributed by atoms with Crippen LogP contribution in [0.4, 0.5) is 10.5 Å². The highest BCUT2D eigenvalue weighted by molar-refractivity contribution is 5.92. The van der Waals surface area contributed by atoms with Gasteiger partial charge in [-0.3, -0.25) is 4.68 Å². The van der Waals surface area contributed by atoms with Gasteiger partial charge in [0.2, 0.25) is 0 Å². The lowest BCUT2D eigenvalue weighted by Gasteiger charge is -2.27. The van der Waals surface area contributed by atoms with Gasteiger partial charge in [0.1, 0.15) is 6.04 Å². The molecule has 1 rings (SSSR count). The molecule has 0 fully saturated rings. The predicted octanol–water partition coefficient (Wildman–Crippen LogP) is 1.60. The van der Waals surface area contributed by atoms with Crippen molar-refractivity contribution in [2.45, 2.75) is 40.2 Å². The summed E-state index contributed by atoms with van der Waals surface area (Å²) in [7, 11) is 1.76. The summed E-state index contributed by atoms with van der Waals surface area (Å²) in [6, 6.07) is -1.51. The van der Waals surface area contributed by atoms with Gasteiger partial charge >= 0.3 is 12.0 Å². The number of hydrogen-bond acceptors (Lipinski definition) is 3. The molecule has 2 amide bonds. The van der Waals surface area contributed by atoms with Crippen LogP contribution in [0.25, 0.3) is 0 Å². The lowest BCUT2D eigenvalue weighted by Crippen LogP contribution is -2.50. The van der Waals surface area contributed by atoms with Gasteiger partial charge in [-0.15, -0.1) is 0 Å². The molecule has 1 aromatic heterocycles. The van der Waals surface area contributed by atoms with E-state index in [2.05, 4.69) is 15.7 Å². The Hall–Kier alpha value is -2.05. The highest BCUT2D eigenvalue weighted by atomic mass is 16.4. The van der Waals surface area contributed by atoms with Crippen molar-refractivity contribution in [2.75, 3.05) is 5.32 Å². The number of carbonyl (C=O) groups excluding carboxylic acids is 1. The van der Waals surface area contributed by atoms with Crippen molar-refractivity contribution in [1.29, 1.82) is 0 Å². The number of urea groups is 1. The molecule has 1 heterocycles. The number of nitrogens with zero attached hydrogens (tertiary/aromatic N) is 2. The molecular formula is C13H22N4O3. The quantitative estimate of drug-likeness (QED) is 0.781. The van der Waals surface area contributed by atoms with Crippen molar-refractivity contribution in [3.63, 3.8) is 0 Å². The minimum Gasteiger partial charge on any atom is -0.480 e. The summed E-state index contributed by atoms with van der Waals surface area (Å²) in [5.74, 6) is -1.06. The molecule has 0 radical (unpaired) electrons. The zero-order valence-electron chi connectivity index (χ0n) is 12.5. The SMILES string of the molecule is CCc1nn(C)cc1NC(=O)N[C@H](C(=O)O)C(C)(C)C. The normalized spacial score (nSPS) is 12.8. The lowest BCUT2D eigenvalue weighted by atomic mass is 9.87. The summed E-state index contributed by atoms with van der Waals surface area (Å²) in [4.78, 5) is 23.1. The summed E-state index contributed by atoms with van der Waals surface area (Å²) in [6.07, 6.45) is 2.36. The fourth-order valence-electron chi connectivity index (χ4n) is 1.84. The molecule has 20 heavy (non-hydrogen) atoms. The topological polar surface area (TPSA) is 96.3 Å². The van der Waals surface area contributed by atoms with E-state index >= 15 is 0 Å². The third-order valence-electron chi connectivity index (χ3n) is 2.88. The minimum atomic E-state index is -1.06. The van der Waals surface area contributed by atoms with Crippen LogP contribution in [0.15, 0.2) is 6.20 Å². The molecule has 0 bridgehead atoms. The maximum Gasteiger partial charge on any atom is 0.326 e. The Balaban J connectivity index is 2.78. The van der Waals surface area contributed by atoms with Crippen LogP contribution >= 0.6 is 0 Å². The van der Waals surface area contributed by atoms with Gasteiger partial charge in [-0.1, -0.05) is 27.7 Å². The Morgan fingerprint density at radius 3 is 2.50 bits per heavy atom. The van der Waals surface area contributed by atoms with Crippen molar-refractivity contribution in [3.05, 3.63) is 11.9 Å². The fraction of sp³-hybridized carbons (Fsp3) is 0.615. The molecule has 0 aliphatic carbocycles. The van der Waals surface area contributed by atoms with E-state index in [4.69, 9.17) is 5.11 Å². The van der Waals surface area contributed by atoms with E-state index in [-0.39, 0.29) is 0 Å². The third-order valence-corrected chi connectivity index (χ3v) is 2.88. The zero-order valence-corrected chi connectivity index (χ0v) is 12.5. The molecule has 112 valence electrons. The largest absolute Gasteiger partial charge is 0.480 e. The van der Waals surface area contributed by atoms with Gasteiger partial charge < -0.3 is 15.7 Å². The van der Waals surface area contributed by atoms with Crippen LogP contribution in [0.3, 0.4) is 0 Å². The molecule has 0 spiro atoms. The van der Waals surface area contributed by atoms with Crippen molar-refractivity contribution in [3.8, 4) is 0 Å². The number of rotatable bonds is 4. The van der Waals surface area contributed by atoms with Crippen molar-refractivity contribution < 1.29 is 14.7 Å². The molecule has 0 aromatic carbocycles. The number of carboxylic acid groups (broad SMARTS) is 1. The molecule has 0 unspecified atom stereocenters. The monoisotopic (exact) mass is 282 g/mol. The van der Waals surface area contributed by atoms with Crippen molar-refractivity contribution in [2.24, 2.45) is 12.5 Å². The molecule has 0 saturated heterocycles. The minimum absolute atomic E-state index is 0.546. The summed E-state index contributed by atoms with van der Waals surface area (Å²) >= 11 is 0. The number of anilines is 1. The molecule has 7 nitrogen and oxygen atoms in total. The smallest absolute Gasteiger partial charge is 0.326 e. The van der Waals surface area contributed by atoms with Crippen LogP contribution in [0.5, 0.6) is 0 Å². The number of hydrogen-bond donors (Lipinski definition) is 3. The number of amides is 2. The highest BCUT2D eigenvalue weighted by Gasteiger charge is 2.32. The molecule has 1 atom stereocenters. The standard InChI is InChI=1S/C13H22N4O3/c1-6-8-9(7-17(5)16-8)14-12(20)15-10(11(18)19)13(2,3)4/h7,10H,6H2,1-5H3,(H,18,19)(H2,14,15,20)/t10-/m1/s1. The maximum absolute atomic E-state index is 11.9. The average molecular weight is 282 g/mol. The zero-order chi connectivity index (χ0) is 15.5. The van der Waals surface area contributed by atoms with Gasteiger partial charge in [-0.05, 0) is 11.8 Å². The van der Waals surface area contributed by atoms with E-state index in [1.54, 1.807) is 38.7 Å². The third kappa shape index (κ3) is 3.97. The van der Waals surface area contributed by atoms with Crippen LogP contribution < -0.4 is 10.6 Å². The van der Waals surface area contributed by atoms with E-state index in [0.29, 0.717) is 12.1 Å². The number of carboxylic acids is 1. The van der Waals surface area contributed by atoms with Gasteiger partial charge in [-0.2, -0.15) is 5.10 Å². The Kier molecular flexibility index (Phi) is 4.75. The number of nitrogens with one attached hydrogen (secondary N) is 2. The molecular weight excluding hydrogens is 260 g/mol. The number of aromatic nitrogens is 2. The maximum atomic E-state index is 11.9. The second-order valence-electron chi connectivity index (χ2n) is 5.75. The second-order valence-corrected chi connectivity index (χ2v) is 5.75. The van der Waals surface area contributed by atoms with Gasteiger partial charge in [0.25, 0.3) is 0 Å². The highest BCUT2D eigenvalue weighted by Crippen LogP contribution is 2.20. The van der Waals surface area contributed by atoms with Gasteiger partial charge in [0.05, 0.1) is 11.4 Å². The van der Waals surface area contributed by atoms with Crippen molar-refractivity contribution in [1.82, 2.24) is 15.1 Å². The Bertz CT molecular complexity index is 502. The molecule has 0 aliphatic heterocycles. The molecule has 7 heteroatoms. The molecule has 0 saturated carbocycles. The summed E-state index contributed by atoms with van der Waals surface area (Å²) in [5.41, 5.74) is 0.766. The van der Waals surface area contributed by atoms with E-state index < -0.39 is 23.5 Å². The number of aliphatic carboxylic acids is 1. The van der Waals surface area contributed by atoms with E-state index in [1.165, 1.54) is 0 Å². The second kappa shape index (κ2) is 5.94. The van der Waals surface area contributed by atoms with Crippen LogP contribution in [0.1, 0.15) is 33.4 Å². The van der Waals surface area contributed by atoms with E-state index in [0.717, 1.165) is 5.69 Å². The van der Waals surface area contributed by atoms with E-state index in [9.17, 15) is 9.59 Å². The first-order valence-corrected chi connectivity index (χ1v) is 6.48. The number of carbonyl (C=O) groups is 2. The average Bonchev–Trinajstić information content (AvgIpc) is 2.64. The lowest BCUT2D eigenvalue weighted by molar-refractivity contribution is -0.141. The molecule has 0 aliphatic rings. The summed E-state index contributed by atoms with van der Waals surface area (Å²) in [5, 5.41) is 18.5. The van der Waals surface area contributed by atoms with Gasteiger partial charge in [-0.25, -0.2) is 9.59 Å². The first kappa shape index (κ1) is 16.0. The Morgan fingerprint density at radius 2 is 2.05 bits per heavy atom. The number of aryl methyl sites for hydroxylation is 2. The Morgan fingerprint density at radius 1 is 1.45 bits per heavy atom. The Labute approximate surface area is 118 Å². The van der Waals surface area contributed by atoms with E-state index in [1.807, 2.05) is 6.92 Å². The predicted molar refractivity (Wildman–Crippen MR) is 75.6 cm³/mol. The fourth-order valence-corrected chi connectivity index (χ4v) is 1.84. The van der Waals surface area contributed by atoms with Gasteiger partial charge in [0, 0.05) is 13.2 Å². The molecule has 3 N–H and O–H groups in total. The van der Waals surface area contributed by atoms with Crippen LogP contribution in [0, 0.1) is 5.41 Å². The van der Waals surface area contributed by atoms with Crippen LogP contribution in [-0.4, -0.2) is 32.9 Å². The molecule has 1 aromatic rings. The summed E-state index contributed by atoms with van der Waals surface area (Å²) in [6.45, 7) is 7.20. The van der Waals surface area contributed by atoms with Crippen molar-refractivity contribution >= 4 is 17.7 Å². The first-order valence-electron chi connectivity index (χ1n) is 6.48. The van der Waals surface area contributed by atoms with Crippen LogP contribution in [-0.2, 0) is 18.3 Å². The van der Waals surface area contributed by atoms with Gasteiger partial charge in [0.15, 0.2) is 0 Å². The first-order chi connectivity index (χ1) is 9.15. The van der Waals surface area contributed by atoms with Crippen LogP contribution in [0.2, 0.25) is 0 Å². The summed E-state index contributed by atoms with van der Waals surface area (Å²) < 4.78 is 1.60.